The zero-order valence-corrected chi connectivity index (χ0v) is 8.82. The number of benzene rings is 1. The molecule has 0 unspecified atom stereocenters. The molecular formula is C13H14O2. The summed E-state index contributed by atoms with van der Waals surface area (Å²) < 4.78 is 4.89. The molecule has 2 heteroatoms. The summed E-state index contributed by atoms with van der Waals surface area (Å²) in [7, 11) is 0. The molecule has 0 radical (unpaired) electrons. The number of carbonyl (C=O) groups excluding carboxylic acids is 1. The fraction of sp³-hybridized carbons (Fsp3) is 0.308. The lowest BCUT2D eigenvalue weighted by molar-refractivity contribution is -0.136. The summed E-state index contributed by atoms with van der Waals surface area (Å²) in [5.74, 6) is 4.74. The molecule has 1 aromatic carbocycles. The van der Waals surface area contributed by atoms with Crippen molar-refractivity contribution < 1.29 is 9.53 Å². The van der Waals surface area contributed by atoms with E-state index in [9.17, 15) is 4.79 Å². The molecule has 0 aromatic heterocycles. The maximum atomic E-state index is 11.1. The van der Waals surface area contributed by atoms with Crippen LogP contribution in [0.1, 0.15) is 25.3 Å². The third-order valence-corrected chi connectivity index (χ3v) is 1.81. The van der Waals surface area contributed by atoms with Gasteiger partial charge in [-0.3, -0.25) is 0 Å². The van der Waals surface area contributed by atoms with Crippen molar-refractivity contribution in [2.75, 3.05) is 6.61 Å². The van der Waals surface area contributed by atoms with Crippen molar-refractivity contribution in [3.8, 4) is 11.8 Å². The summed E-state index contributed by atoms with van der Waals surface area (Å²) in [5.41, 5.74) is 0.824. The van der Waals surface area contributed by atoms with Crippen molar-refractivity contribution in [1.29, 1.82) is 0 Å². The van der Waals surface area contributed by atoms with Crippen LogP contribution in [0.2, 0.25) is 0 Å². The fourth-order valence-electron chi connectivity index (χ4n) is 0.990. The second-order valence-corrected chi connectivity index (χ2v) is 3.11. The second kappa shape index (κ2) is 6.67. The molecule has 0 aliphatic carbocycles. The third kappa shape index (κ3) is 4.87. The average Bonchev–Trinajstić information content (AvgIpc) is 2.28. The number of ether oxygens (including phenoxy) is 1. The van der Waals surface area contributed by atoms with Crippen molar-refractivity contribution in [1.82, 2.24) is 0 Å². The number of hydrogen-bond acceptors (Lipinski definition) is 2. The summed E-state index contributed by atoms with van der Waals surface area (Å²) in [6.45, 7) is 2.50. The third-order valence-electron chi connectivity index (χ3n) is 1.81. The van der Waals surface area contributed by atoms with Gasteiger partial charge < -0.3 is 4.74 Å². The first kappa shape index (κ1) is 11.3. The van der Waals surface area contributed by atoms with Gasteiger partial charge in [0, 0.05) is 11.5 Å². The van der Waals surface area contributed by atoms with Crippen molar-refractivity contribution in [2.45, 2.75) is 19.8 Å². The molecule has 0 aliphatic rings. The van der Waals surface area contributed by atoms with Crippen LogP contribution in [0.3, 0.4) is 0 Å². The summed E-state index contributed by atoms with van der Waals surface area (Å²) >= 11 is 0. The maximum Gasteiger partial charge on any atom is 0.384 e. The van der Waals surface area contributed by atoms with Gasteiger partial charge in [-0.15, -0.1) is 0 Å². The molecule has 1 rings (SSSR count). The topological polar surface area (TPSA) is 26.3 Å². The minimum atomic E-state index is -0.452. The van der Waals surface area contributed by atoms with Gasteiger partial charge in [0.05, 0.1) is 6.61 Å². The van der Waals surface area contributed by atoms with Crippen LogP contribution in [0.25, 0.3) is 0 Å². The molecule has 0 atom stereocenters. The van der Waals surface area contributed by atoms with Gasteiger partial charge in [0.2, 0.25) is 0 Å². The first-order valence-electron chi connectivity index (χ1n) is 5.06. The molecule has 78 valence electrons. The second-order valence-electron chi connectivity index (χ2n) is 3.11. The Balaban J connectivity index is 2.41. The van der Waals surface area contributed by atoms with Crippen molar-refractivity contribution in [3.63, 3.8) is 0 Å². The van der Waals surface area contributed by atoms with E-state index in [0.717, 1.165) is 18.4 Å². The van der Waals surface area contributed by atoms with Gasteiger partial charge in [-0.05, 0) is 18.6 Å². The van der Waals surface area contributed by atoms with Crippen LogP contribution in [0.15, 0.2) is 30.3 Å². The Morgan fingerprint density at radius 2 is 2.07 bits per heavy atom. The van der Waals surface area contributed by atoms with Gasteiger partial charge in [-0.25, -0.2) is 4.79 Å². The highest BCUT2D eigenvalue weighted by atomic mass is 16.5. The predicted octanol–water partition coefficient (Wildman–Crippen LogP) is 2.38. The normalized spacial score (nSPS) is 8.87. The minimum Gasteiger partial charge on any atom is -0.456 e. The van der Waals surface area contributed by atoms with Gasteiger partial charge >= 0.3 is 5.97 Å². The molecule has 0 saturated heterocycles. The quantitative estimate of drug-likeness (QED) is 0.427. The molecule has 0 saturated carbocycles. The molecule has 2 nitrogen and oxygen atoms in total. The van der Waals surface area contributed by atoms with Gasteiger partial charge in [0.15, 0.2) is 0 Å². The summed E-state index contributed by atoms with van der Waals surface area (Å²) in [4.78, 5) is 11.1. The molecule has 0 aliphatic heterocycles. The predicted molar refractivity (Wildman–Crippen MR) is 59.2 cm³/mol. The van der Waals surface area contributed by atoms with E-state index in [4.69, 9.17) is 4.74 Å². The molecule has 0 N–H and O–H groups in total. The Kier molecular flexibility index (Phi) is 5.03. The van der Waals surface area contributed by atoms with E-state index in [0.29, 0.717) is 6.61 Å². The highest BCUT2D eigenvalue weighted by molar-refractivity contribution is 5.89. The lowest BCUT2D eigenvalue weighted by atomic mass is 10.2. The maximum absolute atomic E-state index is 11.1. The molecule has 0 amide bonds. The zero-order chi connectivity index (χ0) is 10.9. The van der Waals surface area contributed by atoms with E-state index >= 15 is 0 Å². The molecule has 0 fully saturated rings. The van der Waals surface area contributed by atoms with Crippen LogP contribution in [0.5, 0.6) is 0 Å². The van der Waals surface area contributed by atoms with Gasteiger partial charge in [0.1, 0.15) is 0 Å². The van der Waals surface area contributed by atoms with Gasteiger partial charge in [-0.2, -0.15) is 0 Å². The van der Waals surface area contributed by atoms with E-state index in [-0.39, 0.29) is 0 Å². The van der Waals surface area contributed by atoms with E-state index in [2.05, 4.69) is 11.8 Å². The Morgan fingerprint density at radius 3 is 2.73 bits per heavy atom. The Morgan fingerprint density at radius 1 is 1.33 bits per heavy atom. The molecule has 0 bridgehead atoms. The SMILES string of the molecule is CCCCOC(=O)C#Cc1ccccc1. The minimum absolute atomic E-state index is 0.452. The average molecular weight is 202 g/mol. The fourth-order valence-corrected chi connectivity index (χ4v) is 0.990. The molecule has 0 spiro atoms. The smallest absolute Gasteiger partial charge is 0.384 e. The highest BCUT2D eigenvalue weighted by Crippen LogP contribution is 1.95. The van der Waals surface area contributed by atoms with Crippen LogP contribution >= 0.6 is 0 Å². The zero-order valence-electron chi connectivity index (χ0n) is 8.82. The number of hydrogen-bond donors (Lipinski definition) is 0. The molecule has 15 heavy (non-hydrogen) atoms. The van der Waals surface area contributed by atoms with E-state index in [1.165, 1.54) is 0 Å². The van der Waals surface area contributed by atoms with Crippen molar-refractivity contribution in [2.24, 2.45) is 0 Å². The number of carbonyl (C=O) groups is 1. The van der Waals surface area contributed by atoms with Crippen LogP contribution in [0, 0.1) is 11.8 Å². The van der Waals surface area contributed by atoms with Crippen LogP contribution in [-0.4, -0.2) is 12.6 Å². The molecular weight excluding hydrogens is 188 g/mol. The van der Waals surface area contributed by atoms with E-state index in [1.807, 2.05) is 37.3 Å². The standard InChI is InChI=1S/C13H14O2/c1-2-3-11-15-13(14)10-9-12-7-5-4-6-8-12/h4-8H,2-3,11H2,1H3. The molecule has 1 aromatic rings. The lowest BCUT2D eigenvalue weighted by Gasteiger charge is -1.96. The Hall–Kier alpha value is -1.75. The van der Waals surface area contributed by atoms with E-state index < -0.39 is 5.97 Å². The Labute approximate surface area is 90.3 Å². The number of esters is 1. The van der Waals surface area contributed by atoms with Crippen LogP contribution < -0.4 is 0 Å². The number of rotatable bonds is 3. The first-order chi connectivity index (χ1) is 7.33. The van der Waals surface area contributed by atoms with Gasteiger partial charge in [0.25, 0.3) is 0 Å². The summed E-state index contributed by atoms with van der Waals surface area (Å²) in [5, 5.41) is 0. The Bertz CT molecular complexity index is 357. The van der Waals surface area contributed by atoms with E-state index in [1.54, 1.807) is 0 Å². The lowest BCUT2D eigenvalue weighted by Crippen LogP contribution is -2.02. The molecule has 0 heterocycles. The number of unbranched alkanes of at least 4 members (excludes halogenated alkanes) is 1. The van der Waals surface area contributed by atoms with Crippen molar-refractivity contribution >= 4 is 5.97 Å². The first-order valence-corrected chi connectivity index (χ1v) is 5.06. The highest BCUT2D eigenvalue weighted by Gasteiger charge is 1.94. The largest absolute Gasteiger partial charge is 0.456 e. The summed E-state index contributed by atoms with van der Waals surface area (Å²) in [6.07, 6.45) is 1.90. The van der Waals surface area contributed by atoms with Gasteiger partial charge in [-0.1, -0.05) is 37.5 Å². The van der Waals surface area contributed by atoms with Crippen molar-refractivity contribution in [3.05, 3.63) is 35.9 Å². The monoisotopic (exact) mass is 202 g/mol. The van der Waals surface area contributed by atoms with Crippen LogP contribution in [0.4, 0.5) is 0 Å². The van der Waals surface area contributed by atoms with Crippen LogP contribution in [-0.2, 0) is 9.53 Å². The summed E-state index contributed by atoms with van der Waals surface area (Å²) in [6, 6.07) is 9.38.